The highest BCUT2D eigenvalue weighted by molar-refractivity contribution is 5.05. The molecule has 0 bridgehead atoms. The van der Waals surface area contributed by atoms with E-state index < -0.39 is 62.4 Å². The van der Waals surface area contributed by atoms with E-state index in [2.05, 4.69) is 263 Å². The van der Waals surface area contributed by atoms with Crippen LogP contribution in [0.3, 0.4) is 0 Å². The maximum absolute atomic E-state index is 15.8. The van der Waals surface area contributed by atoms with E-state index in [0.29, 0.717) is 64.6 Å². The average molecular weight is 1960 g/mol. The highest BCUT2D eigenvalue weighted by Crippen LogP contribution is 2.57. The van der Waals surface area contributed by atoms with Gasteiger partial charge in [-0.15, -0.1) is 0 Å². The van der Waals surface area contributed by atoms with Gasteiger partial charge in [0.1, 0.15) is 62.4 Å². The molecule has 3 aliphatic carbocycles. The van der Waals surface area contributed by atoms with Gasteiger partial charge < -0.3 is 0 Å². The van der Waals surface area contributed by atoms with Crippen molar-refractivity contribution in [2.24, 2.45) is 145 Å². The predicted molar refractivity (Wildman–Crippen MR) is 593 cm³/mol. The molecule has 7 unspecified atom stereocenters. The first-order valence-electron chi connectivity index (χ1n) is 56.8. The fraction of sp³-hybridized carbons (Fsp3) is 1.00. The second kappa shape index (κ2) is 67.2. The van der Waals surface area contributed by atoms with Gasteiger partial charge in [0.25, 0.3) is 0 Å². The van der Waals surface area contributed by atoms with Crippen LogP contribution in [0.1, 0.15) is 595 Å². The van der Waals surface area contributed by atoms with E-state index in [9.17, 15) is 39.5 Å². The Hall–Kier alpha value is -0.770. The molecule has 0 heterocycles. The van der Waals surface area contributed by atoms with E-state index in [1.165, 1.54) is 6.42 Å². The second-order valence-electron chi connectivity index (χ2n) is 52.9. The lowest BCUT2D eigenvalue weighted by Crippen LogP contribution is -2.55. The Labute approximate surface area is 845 Å². The molecule has 7 atom stereocenters. The van der Waals surface area contributed by atoms with Crippen LogP contribution in [0.2, 0.25) is 0 Å². The fourth-order valence-corrected chi connectivity index (χ4v) is 22.5. The van der Waals surface area contributed by atoms with Gasteiger partial charge in [-0.3, -0.25) is 0 Å². The molecule has 3 saturated carbocycles. The summed E-state index contributed by atoms with van der Waals surface area (Å²) in [6.07, 6.45) is 26.0. The van der Waals surface area contributed by atoms with E-state index in [0.717, 1.165) is 167 Å². The Bertz CT molecular complexity index is 2640. The molecule has 0 aromatic rings. The van der Waals surface area contributed by atoms with Gasteiger partial charge in [-0.2, -0.15) is 0 Å². The minimum Gasteiger partial charge on any atom is -0.244 e. The standard InChI is InChI=1S/C17H35F.C14H29F.3C12H25F.C11H23F.C10H21F.C9H17F.C9H19F.C7H13F.C6H11F.C5H12/c1-11(2)15(12(3)4)17(10,18)16(9,13(5)6)14(7)8;1-8-12(5,9-2)14(7,15)13(6,10-3)11-4;1-8(2)11(9(3)4)12(7,13)10(5)6;1-7-8-12(6,13)11(9(2)3)10(4)5;1-6-10(7-2)12(5,13)11(8-3)9-4;1-7-10(5,8-2)11(6,12)9(3)4;1-6-9(7-2)10(5,11)8(3)4;1-8(2)4-6-9(3,10)7-5-8;1-6-8(4)9(5,10)7(2)3;1-7(8)5-3-2-4-6-7;1-6(7)4-2-3-5-6;1-5(2,3)4/h11-15H,1-10H3;8-11H2,1-7H3;8-11H,1-7H3;9-11H,7-8H2,1-6H3;10-11H,6-9H2,1-5H3;9H,7-8H2,1-6H3;8-9H,6-7H2,1-5H3;4-7H2,1-3H3;7-8H,6H2,1-5H3;2-6H2,1H3;2-5H2,1H3;1-4H3. The minimum atomic E-state index is -1.14. The number of hydrogen-bond donors (Lipinski definition) is 0. The highest BCUT2D eigenvalue weighted by Gasteiger charge is 2.56. The molecular weight excluding hydrogens is 1700 g/mol. The quantitative estimate of drug-likeness (QED) is 0.0541. The number of rotatable bonds is 38. The van der Waals surface area contributed by atoms with E-state index in [4.69, 9.17) is 0 Å². The van der Waals surface area contributed by atoms with Gasteiger partial charge >= 0.3 is 0 Å². The van der Waals surface area contributed by atoms with Crippen LogP contribution < -0.4 is 0 Å². The maximum atomic E-state index is 15.8. The van der Waals surface area contributed by atoms with Crippen LogP contribution in [-0.4, -0.2) is 62.4 Å². The number of alkyl halides is 11. The molecule has 0 radical (unpaired) electrons. The highest BCUT2D eigenvalue weighted by atomic mass is 19.2. The van der Waals surface area contributed by atoms with Crippen molar-refractivity contribution in [2.45, 2.75) is 658 Å². The van der Waals surface area contributed by atoms with E-state index in [1.54, 1.807) is 62.3 Å². The third-order valence-electron chi connectivity index (χ3n) is 36.2. The molecule has 0 spiro atoms. The van der Waals surface area contributed by atoms with E-state index in [-0.39, 0.29) is 86.8 Å². The number of halogens is 11. The molecule has 3 aliphatic rings. The third kappa shape index (κ3) is 53.9. The molecule has 0 aromatic heterocycles. The van der Waals surface area contributed by atoms with Crippen LogP contribution in [0.15, 0.2) is 0 Å². The Morgan fingerprint density at radius 3 is 0.630 bits per heavy atom. The van der Waals surface area contributed by atoms with Gasteiger partial charge in [0.15, 0.2) is 0 Å². The molecule has 3 fully saturated rings. The largest absolute Gasteiger partial charge is 0.244 e. The third-order valence-corrected chi connectivity index (χ3v) is 36.2. The summed E-state index contributed by atoms with van der Waals surface area (Å²) in [6.45, 7) is 122. The summed E-state index contributed by atoms with van der Waals surface area (Å²) in [5.41, 5.74) is -10.7. The van der Waals surface area contributed by atoms with Crippen LogP contribution in [0.25, 0.3) is 0 Å². The molecule has 0 aliphatic heterocycles. The summed E-state index contributed by atoms with van der Waals surface area (Å²) < 4.78 is 154. The minimum absolute atomic E-state index is 0.0994. The monoisotopic (exact) mass is 1950 g/mol. The Morgan fingerprint density at radius 1 is 0.244 bits per heavy atom. The smallest absolute Gasteiger partial charge is 0.118 e. The van der Waals surface area contributed by atoms with Gasteiger partial charge in [0, 0.05) is 21.7 Å². The lowest BCUT2D eigenvalue weighted by molar-refractivity contribution is -0.116. The van der Waals surface area contributed by atoms with Gasteiger partial charge in [0.2, 0.25) is 0 Å². The summed E-state index contributed by atoms with van der Waals surface area (Å²) in [5.74, 6) is 4.89. The molecular formula is C124H255F11. The summed E-state index contributed by atoms with van der Waals surface area (Å²) in [6, 6.07) is 0. The van der Waals surface area contributed by atoms with Crippen molar-refractivity contribution in [3.05, 3.63) is 0 Å². The van der Waals surface area contributed by atoms with Gasteiger partial charge in [-0.1, -0.05) is 423 Å². The molecule has 828 valence electrons. The molecule has 3 rings (SSSR count). The van der Waals surface area contributed by atoms with Crippen molar-refractivity contribution < 1.29 is 48.3 Å². The van der Waals surface area contributed by atoms with Crippen molar-refractivity contribution in [1.29, 1.82) is 0 Å². The molecule has 135 heavy (non-hydrogen) atoms. The van der Waals surface area contributed by atoms with Crippen LogP contribution in [0.5, 0.6) is 0 Å². The summed E-state index contributed by atoms with van der Waals surface area (Å²) in [5, 5.41) is 0. The molecule has 0 N–H and O–H groups in total. The van der Waals surface area contributed by atoms with Crippen LogP contribution in [0.4, 0.5) is 48.3 Å². The summed E-state index contributed by atoms with van der Waals surface area (Å²) in [7, 11) is 0. The molecule has 0 amide bonds. The number of hydrogen-bond acceptors (Lipinski definition) is 0. The molecule has 0 aromatic carbocycles. The first-order chi connectivity index (χ1) is 60.2. The Kier molecular flexibility index (Phi) is 75.6. The van der Waals surface area contributed by atoms with Crippen molar-refractivity contribution in [2.75, 3.05) is 0 Å². The molecule has 11 heteroatoms. The maximum Gasteiger partial charge on any atom is 0.118 e. The lowest BCUT2D eigenvalue weighted by Gasteiger charge is -2.53. The Balaban J connectivity index is -0.000000185. The first-order valence-corrected chi connectivity index (χ1v) is 56.8. The predicted octanol–water partition coefficient (Wildman–Crippen LogP) is 46.4. The zero-order chi connectivity index (χ0) is 110. The zero-order valence-corrected chi connectivity index (χ0v) is 103. The second-order valence-corrected chi connectivity index (χ2v) is 52.9. The van der Waals surface area contributed by atoms with Crippen molar-refractivity contribution in [3.8, 4) is 0 Å². The first kappa shape index (κ1) is 152. The van der Waals surface area contributed by atoms with E-state index in [1.807, 2.05) is 90.0 Å². The summed E-state index contributed by atoms with van der Waals surface area (Å²) in [4.78, 5) is 0. The van der Waals surface area contributed by atoms with Crippen LogP contribution in [0, 0.1) is 145 Å². The van der Waals surface area contributed by atoms with Crippen molar-refractivity contribution in [3.63, 3.8) is 0 Å². The summed E-state index contributed by atoms with van der Waals surface area (Å²) >= 11 is 0. The molecule has 0 saturated heterocycles. The van der Waals surface area contributed by atoms with Gasteiger partial charge in [-0.05, 0) is 296 Å². The molecule has 0 nitrogen and oxygen atoms in total. The van der Waals surface area contributed by atoms with Crippen molar-refractivity contribution >= 4 is 0 Å². The topological polar surface area (TPSA) is 0 Å². The van der Waals surface area contributed by atoms with Gasteiger partial charge in [0.05, 0.1) is 0 Å². The van der Waals surface area contributed by atoms with E-state index >= 15 is 8.78 Å². The van der Waals surface area contributed by atoms with Gasteiger partial charge in [-0.25, -0.2) is 48.3 Å². The average Bonchev–Trinajstić information content (AvgIpc) is 0.828. The lowest BCUT2D eigenvalue weighted by atomic mass is 9.54. The van der Waals surface area contributed by atoms with Crippen LogP contribution >= 0.6 is 0 Å². The SMILES string of the molecule is CC(C)(C)C.CC(C)C(C(C)C)C(C)(F)C(C)(C(C)C)C(C)C.CC(C)C(C(C)C)C(C)(F)C(C)C.CC1(C)CCC(C)(F)CC1.CC1(F)CCCC1.CC1(F)CCCCC1.CCC(C)(CC)C(C)(F)C(C)(CC)CC.CCC(C)(CC)C(C)(F)C(C)C.CCC(C)C(C)(F)C(C)C.CCC(CC)C(C)(F)C(C)C.CCC(CC)C(C)(F)C(CC)CC.CCCC(C)(F)C(C(C)C)C(C)C. The van der Waals surface area contributed by atoms with Crippen LogP contribution in [-0.2, 0) is 0 Å². The fourth-order valence-electron chi connectivity index (χ4n) is 22.5. The van der Waals surface area contributed by atoms with Crippen molar-refractivity contribution in [1.82, 2.24) is 0 Å². The Morgan fingerprint density at radius 2 is 0.481 bits per heavy atom. The zero-order valence-electron chi connectivity index (χ0n) is 103. The normalized spacial score (nSPS) is 18.8.